The van der Waals surface area contributed by atoms with Gasteiger partial charge in [-0.2, -0.15) is 0 Å². The number of aryl methyl sites for hydroxylation is 2. The smallest absolute Gasteiger partial charge is 0.171 e. The average Bonchev–Trinajstić information content (AvgIpc) is 2.49. The van der Waals surface area contributed by atoms with E-state index in [-0.39, 0.29) is 0 Å². The molecule has 5 heteroatoms. The van der Waals surface area contributed by atoms with E-state index in [9.17, 15) is 0 Å². The zero-order chi connectivity index (χ0) is 15.1. The fourth-order valence-electron chi connectivity index (χ4n) is 1.91. The maximum atomic E-state index is 5.94. The van der Waals surface area contributed by atoms with E-state index in [1.807, 2.05) is 19.1 Å². The fourth-order valence-corrected chi connectivity index (χ4v) is 2.22. The first-order valence-corrected chi connectivity index (χ1v) is 7.64. The van der Waals surface area contributed by atoms with Crippen LogP contribution in [-0.2, 0) is 6.42 Å². The lowest BCUT2D eigenvalue weighted by molar-refractivity contribution is 0.777. The summed E-state index contributed by atoms with van der Waals surface area (Å²) in [7, 11) is 0. The molecule has 2 rings (SSSR count). The molecule has 0 aliphatic carbocycles. The Balaban J connectivity index is 1.71. The number of halogens is 1. The Kier molecular flexibility index (Phi) is 5.96. The Morgan fingerprint density at radius 3 is 2.76 bits per heavy atom. The molecule has 0 saturated carbocycles. The molecule has 110 valence electrons. The van der Waals surface area contributed by atoms with Crippen molar-refractivity contribution < 1.29 is 0 Å². The standard InChI is InChI=1S/C16H18ClN3S/c1-12-10-15(19-11-14(12)17)20-16(21)18-9-5-8-13-6-3-2-4-7-13/h2-4,6-7,10-11H,5,8-9H2,1H3,(H2,18,19,20,21). The minimum Gasteiger partial charge on any atom is -0.362 e. The summed E-state index contributed by atoms with van der Waals surface area (Å²) in [6, 6.07) is 12.3. The van der Waals surface area contributed by atoms with Crippen molar-refractivity contribution in [2.24, 2.45) is 0 Å². The maximum Gasteiger partial charge on any atom is 0.171 e. The van der Waals surface area contributed by atoms with Gasteiger partial charge >= 0.3 is 0 Å². The van der Waals surface area contributed by atoms with Gasteiger partial charge in [-0.05, 0) is 49.2 Å². The molecule has 2 N–H and O–H groups in total. The zero-order valence-corrected chi connectivity index (χ0v) is 13.5. The monoisotopic (exact) mass is 319 g/mol. The van der Waals surface area contributed by atoms with Gasteiger partial charge in [-0.1, -0.05) is 41.9 Å². The van der Waals surface area contributed by atoms with E-state index in [2.05, 4.69) is 39.9 Å². The first kappa shape index (κ1) is 15.7. The van der Waals surface area contributed by atoms with Gasteiger partial charge in [-0.3, -0.25) is 0 Å². The minimum absolute atomic E-state index is 0.581. The predicted octanol–water partition coefficient (Wildman–Crippen LogP) is 3.96. The molecule has 1 aromatic carbocycles. The summed E-state index contributed by atoms with van der Waals surface area (Å²) in [5.74, 6) is 0.706. The lowest BCUT2D eigenvalue weighted by Crippen LogP contribution is -2.29. The Labute approximate surface area is 135 Å². The number of aromatic nitrogens is 1. The third-order valence-corrected chi connectivity index (χ3v) is 3.70. The van der Waals surface area contributed by atoms with Crippen molar-refractivity contribution in [2.75, 3.05) is 11.9 Å². The van der Waals surface area contributed by atoms with Crippen LogP contribution in [0, 0.1) is 6.92 Å². The minimum atomic E-state index is 0.581. The average molecular weight is 320 g/mol. The lowest BCUT2D eigenvalue weighted by Gasteiger charge is -2.10. The van der Waals surface area contributed by atoms with Crippen LogP contribution in [0.15, 0.2) is 42.6 Å². The summed E-state index contributed by atoms with van der Waals surface area (Å²) in [6.07, 6.45) is 3.69. The van der Waals surface area contributed by atoms with E-state index in [1.165, 1.54) is 5.56 Å². The van der Waals surface area contributed by atoms with Crippen LogP contribution >= 0.6 is 23.8 Å². The van der Waals surface area contributed by atoms with Gasteiger partial charge in [0.1, 0.15) is 5.82 Å². The zero-order valence-electron chi connectivity index (χ0n) is 11.9. The molecule has 3 nitrogen and oxygen atoms in total. The molecule has 0 amide bonds. The molecule has 1 aromatic heterocycles. The van der Waals surface area contributed by atoms with Crippen molar-refractivity contribution in [3.8, 4) is 0 Å². The molecule has 21 heavy (non-hydrogen) atoms. The van der Waals surface area contributed by atoms with Gasteiger partial charge in [0.05, 0.1) is 5.02 Å². The first-order chi connectivity index (χ1) is 10.1. The third-order valence-electron chi connectivity index (χ3n) is 3.06. The van der Waals surface area contributed by atoms with Crippen molar-refractivity contribution in [1.82, 2.24) is 10.3 Å². The second-order valence-electron chi connectivity index (χ2n) is 4.79. The summed E-state index contributed by atoms with van der Waals surface area (Å²) < 4.78 is 0. The summed E-state index contributed by atoms with van der Waals surface area (Å²) >= 11 is 11.2. The van der Waals surface area contributed by atoms with Crippen LogP contribution in [0.25, 0.3) is 0 Å². The summed E-state index contributed by atoms with van der Waals surface area (Å²) in [4.78, 5) is 4.18. The molecule has 0 spiro atoms. The highest BCUT2D eigenvalue weighted by Crippen LogP contribution is 2.16. The van der Waals surface area contributed by atoms with E-state index in [4.69, 9.17) is 23.8 Å². The van der Waals surface area contributed by atoms with E-state index in [0.29, 0.717) is 16.0 Å². The van der Waals surface area contributed by atoms with E-state index in [1.54, 1.807) is 6.20 Å². The van der Waals surface area contributed by atoms with Gasteiger partial charge in [0.25, 0.3) is 0 Å². The van der Waals surface area contributed by atoms with Crippen molar-refractivity contribution in [1.29, 1.82) is 0 Å². The number of benzene rings is 1. The van der Waals surface area contributed by atoms with Gasteiger partial charge in [0.15, 0.2) is 5.11 Å². The van der Waals surface area contributed by atoms with Crippen molar-refractivity contribution >= 4 is 34.7 Å². The first-order valence-electron chi connectivity index (χ1n) is 6.86. The fraction of sp³-hybridized carbons (Fsp3) is 0.250. The molecule has 0 bridgehead atoms. The molecule has 0 fully saturated rings. The molecule has 2 aromatic rings. The van der Waals surface area contributed by atoms with Crippen molar-refractivity contribution in [3.05, 3.63) is 58.7 Å². The number of nitrogens with one attached hydrogen (secondary N) is 2. The van der Waals surface area contributed by atoms with Crippen LogP contribution in [0.1, 0.15) is 17.5 Å². The highest BCUT2D eigenvalue weighted by Gasteiger charge is 2.01. The van der Waals surface area contributed by atoms with Crippen LogP contribution in [0.4, 0.5) is 5.82 Å². The second kappa shape index (κ2) is 7.96. The number of pyridine rings is 1. The summed E-state index contributed by atoms with van der Waals surface area (Å²) in [6.45, 7) is 2.76. The molecular weight excluding hydrogens is 302 g/mol. The Morgan fingerprint density at radius 1 is 1.29 bits per heavy atom. The predicted molar refractivity (Wildman–Crippen MR) is 93.0 cm³/mol. The summed E-state index contributed by atoms with van der Waals surface area (Å²) in [5.41, 5.74) is 2.31. The second-order valence-corrected chi connectivity index (χ2v) is 5.60. The van der Waals surface area contributed by atoms with Crippen molar-refractivity contribution in [2.45, 2.75) is 19.8 Å². The molecule has 0 saturated heterocycles. The van der Waals surface area contributed by atoms with Crippen LogP contribution in [0.3, 0.4) is 0 Å². The van der Waals surface area contributed by atoms with Gasteiger partial charge in [0, 0.05) is 12.7 Å². The maximum absolute atomic E-state index is 5.94. The number of hydrogen-bond donors (Lipinski definition) is 2. The SMILES string of the molecule is Cc1cc(NC(=S)NCCCc2ccccc2)ncc1Cl. The molecule has 0 aliphatic rings. The Bertz CT molecular complexity index is 602. The Hall–Kier alpha value is -1.65. The third kappa shape index (κ3) is 5.33. The van der Waals surface area contributed by atoms with Gasteiger partial charge < -0.3 is 10.6 Å². The number of rotatable bonds is 5. The quantitative estimate of drug-likeness (QED) is 0.646. The number of anilines is 1. The number of thiocarbonyl (C=S) groups is 1. The lowest BCUT2D eigenvalue weighted by atomic mass is 10.1. The van der Waals surface area contributed by atoms with Gasteiger partial charge in [-0.15, -0.1) is 0 Å². The van der Waals surface area contributed by atoms with Crippen LogP contribution in [-0.4, -0.2) is 16.6 Å². The highest BCUT2D eigenvalue weighted by atomic mass is 35.5. The number of nitrogens with zero attached hydrogens (tertiary/aromatic N) is 1. The molecule has 0 unspecified atom stereocenters. The van der Waals surface area contributed by atoms with E-state index >= 15 is 0 Å². The molecule has 0 radical (unpaired) electrons. The molecule has 0 aliphatic heterocycles. The summed E-state index contributed by atoms with van der Waals surface area (Å²) in [5, 5.41) is 7.48. The molecular formula is C16H18ClN3S. The van der Waals surface area contributed by atoms with Crippen LogP contribution in [0.2, 0.25) is 5.02 Å². The topological polar surface area (TPSA) is 37.0 Å². The molecule has 1 heterocycles. The normalized spacial score (nSPS) is 10.2. The van der Waals surface area contributed by atoms with E-state index in [0.717, 1.165) is 24.9 Å². The van der Waals surface area contributed by atoms with Gasteiger partial charge in [-0.25, -0.2) is 4.98 Å². The van der Waals surface area contributed by atoms with Crippen molar-refractivity contribution in [3.63, 3.8) is 0 Å². The highest BCUT2D eigenvalue weighted by molar-refractivity contribution is 7.80. The largest absolute Gasteiger partial charge is 0.362 e. The number of hydrogen-bond acceptors (Lipinski definition) is 2. The Morgan fingerprint density at radius 2 is 2.05 bits per heavy atom. The van der Waals surface area contributed by atoms with E-state index < -0.39 is 0 Å². The molecule has 0 atom stereocenters. The van der Waals surface area contributed by atoms with Crippen LogP contribution in [0.5, 0.6) is 0 Å². The van der Waals surface area contributed by atoms with Gasteiger partial charge in [0.2, 0.25) is 0 Å². The van der Waals surface area contributed by atoms with Crippen LogP contribution < -0.4 is 10.6 Å².